The average molecular weight is 216 g/mol. The number of fused-ring (bicyclic) bond motifs is 10. The summed E-state index contributed by atoms with van der Waals surface area (Å²) in [7, 11) is 0. The molecule has 3 fully saturated rings. The number of hydrogen-bond donors (Lipinski definition) is 0. The van der Waals surface area contributed by atoms with Crippen LogP contribution in [0.25, 0.3) is 0 Å². The van der Waals surface area contributed by atoms with Crippen molar-refractivity contribution in [3.8, 4) is 0 Å². The van der Waals surface area contributed by atoms with Gasteiger partial charge < -0.3 is 9.47 Å². The summed E-state index contributed by atoms with van der Waals surface area (Å²) in [5.41, 5.74) is 0. The molecule has 0 aromatic heterocycles. The van der Waals surface area contributed by atoms with Gasteiger partial charge in [0.25, 0.3) is 0 Å². The smallest absolute Gasteiger partial charge is 0.0796 e. The summed E-state index contributed by atoms with van der Waals surface area (Å²) in [5, 5.41) is 0. The van der Waals surface area contributed by atoms with E-state index in [0.29, 0.717) is 24.4 Å². The van der Waals surface area contributed by atoms with Gasteiger partial charge in [0, 0.05) is 0 Å². The maximum atomic E-state index is 6.00. The molecule has 0 unspecified atom stereocenters. The van der Waals surface area contributed by atoms with Crippen molar-refractivity contribution in [2.24, 2.45) is 23.7 Å². The summed E-state index contributed by atoms with van der Waals surface area (Å²) in [6, 6.07) is 0. The van der Waals surface area contributed by atoms with Crippen LogP contribution in [-0.4, -0.2) is 24.4 Å². The summed E-state index contributed by atoms with van der Waals surface area (Å²) in [5.74, 6) is 3.14. The second-order valence-corrected chi connectivity index (χ2v) is 6.03. The van der Waals surface area contributed by atoms with Crippen LogP contribution >= 0.6 is 0 Å². The van der Waals surface area contributed by atoms with Crippen molar-refractivity contribution < 1.29 is 9.47 Å². The molecule has 16 heavy (non-hydrogen) atoms. The summed E-state index contributed by atoms with van der Waals surface area (Å²) < 4.78 is 12.0. The molecule has 5 rings (SSSR count). The summed E-state index contributed by atoms with van der Waals surface area (Å²) in [6.45, 7) is 0. The topological polar surface area (TPSA) is 18.5 Å². The Morgan fingerprint density at radius 2 is 0.875 bits per heavy atom. The Morgan fingerprint density at radius 1 is 0.562 bits per heavy atom. The van der Waals surface area contributed by atoms with Gasteiger partial charge in [0.05, 0.1) is 24.4 Å². The molecule has 0 amide bonds. The van der Waals surface area contributed by atoms with Crippen molar-refractivity contribution >= 4 is 0 Å². The van der Waals surface area contributed by atoms with Crippen LogP contribution in [0.5, 0.6) is 0 Å². The predicted molar refractivity (Wildman–Crippen MR) is 58.8 cm³/mol. The van der Waals surface area contributed by atoms with Gasteiger partial charge >= 0.3 is 0 Å². The Balaban J connectivity index is 1.52. The van der Waals surface area contributed by atoms with Crippen LogP contribution in [-0.2, 0) is 9.47 Å². The van der Waals surface area contributed by atoms with E-state index in [1.54, 1.807) is 0 Å². The van der Waals surface area contributed by atoms with Crippen LogP contribution in [0.2, 0.25) is 0 Å². The van der Waals surface area contributed by atoms with Gasteiger partial charge in [-0.2, -0.15) is 0 Å². The Kier molecular flexibility index (Phi) is 1.39. The lowest BCUT2D eigenvalue weighted by atomic mass is 9.62. The molecule has 4 heterocycles. The third kappa shape index (κ3) is 0.844. The van der Waals surface area contributed by atoms with Gasteiger partial charge in [-0.15, -0.1) is 0 Å². The Labute approximate surface area is 95.3 Å². The van der Waals surface area contributed by atoms with E-state index in [4.69, 9.17) is 9.47 Å². The first-order valence-electron chi connectivity index (χ1n) is 6.58. The Bertz CT molecular complexity index is 330. The van der Waals surface area contributed by atoms with Crippen molar-refractivity contribution in [3.63, 3.8) is 0 Å². The molecule has 2 saturated heterocycles. The molecule has 0 aromatic carbocycles. The molecule has 2 heteroatoms. The molecule has 2 nitrogen and oxygen atoms in total. The van der Waals surface area contributed by atoms with Crippen LogP contribution in [0.15, 0.2) is 24.3 Å². The van der Waals surface area contributed by atoms with E-state index in [0.717, 1.165) is 23.7 Å². The second-order valence-electron chi connectivity index (χ2n) is 6.03. The molecule has 5 aliphatic rings. The third-order valence-electron chi connectivity index (χ3n) is 5.49. The van der Waals surface area contributed by atoms with E-state index in [-0.39, 0.29) is 0 Å². The molecule has 0 N–H and O–H groups in total. The first-order chi connectivity index (χ1) is 7.90. The number of hydrogen-bond acceptors (Lipinski definition) is 2. The van der Waals surface area contributed by atoms with Crippen LogP contribution in [0.4, 0.5) is 0 Å². The van der Waals surface area contributed by atoms with Crippen LogP contribution in [0.3, 0.4) is 0 Å². The fraction of sp³-hybridized carbons (Fsp3) is 0.714. The maximum absolute atomic E-state index is 6.00. The molecule has 4 bridgehead atoms. The molecule has 4 aliphatic heterocycles. The number of ether oxygens (including phenoxy) is 2. The SMILES string of the molecule is C1=C[C@H]2O[C@H]1[C@@H]1C[C@H]3[C@H](C[C@H]12)[C@H]1C=C[C@H]3O1. The molecule has 0 spiro atoms. The minimum Gasteiger partial charge on any atom is -0.366 e. The highest BCUT2D eigenvalue weighted by Crippen LogP contribution is 2.56. The first kappa shape index (κ1) is 8.48. The van der Waals surface area contributed by atoms with Gasteiger partial charge in [0.2, 0.25) is 0 Å². The molecule has 0 aromatic rings. The van der Waals surface area contributed by atoms with Crippen molar-refractivity contribution in [1.82, 2.24) is 0 Å². The second kappa shape index (κ2) is 2.62. The van der Waals surface area contributed by atoms with Crippen LogP contribution in [0, 0.1) is 23.7 Å². The fourth-order valence-electron chi connectivity index (χ4n) is 4.80. The standard InChI is InChI=1S/C14H16O2/c1-2-12-8-6-10-9(5-7(8)11(1)15-12)13-3-4-14(10)16-13/h1-4,7-14H,5-6H2/t7-,8-,9+,10+,11-,12-,13-,14-/m1/s1. The highest BCUT2D eigenvalue weighted by atomic mass is 16.5. The zero-order valence-electron chi connectivity index (χ0n) is 9.16. The molecule has 0 radical (unpaired) electrons. The molecule has 8 atom stereocenters. The lowest BCUT2D eigenvalue weighted by molar-refractivity contribution is 0.0882. The van der Waals surface area contributed by atoms with E-state index >= 15 is 0 Å². The minimum absolute atomic E-state index is 0.430. The van der Waals surface area contributed by atoms with Crippen molar-refractivity contribution in [1.29, 1.82) is 0 Å². The van der Waals surface area contributed by atoms with Crippen molar-refractivity contribution in [2.75, 3.05) is 0 Å². The van der Waals surface area contributed by atoms with Crippen LogP contribution in [0.1, 0.15) is 12.8 Å². The monoisotopic (exact) mass is 216 g/mol. The fourth-order valence-corrected chi connectivity index (χ4v) is 4.80. The highest BCUT2D eigenvalue weighted by Gasteiger charge is 2.57. The quantitative estimate of drug-likeness (QED) is 0.576. The largest absolute Gasteiger partial charge is 0.366 e. The highest BCUT2D eigenvalue weighted by molar-refractivity contribution is 5.22. The van der Waals surface area contributed by atoms with Crippen molar-refractivity contribution in [2.45, 2.75) is 37.3 Å². The van der Waals surface area contributed by atoms with Crippen LogP contribution < -0.4 is 0 Å². The molecule has 1 saturated carbocycles. The lowest BCUT2D eigenvalue weighted by Crippen LogP contribution is -2.39. The predicted octanol–water partition coefficient (Wildman–Crippen LogP) is 1.92. The van der Waals surface area contributed by atoms with E-state index < -0.39 is 0 Å². The zero-order chi connectivity index (χ0) is 10.3. The van der Waals surface area contributed by atoms with Gasteiger partial charge in [0.15, 0.2) is 0 Å². The minimum atomic E-state index is 0.430. The van der Waals surface area contributed by atoms with Gasteiger partial charge in [0.1, 0.15) is 0 Å². The van der Waals surface area contributed by atoms with E-state index in [9.17, 15) is 0 Å². The van der Waals surface area contributed by atoms with E-state index in [1.807, 2.05) is 0 Å². The lowest BCUT2D eigenvalue weighted by Gasteiger charge is -2.39. The van der Waals surface area contributed by atoms with Gasteiger partial charge in [-0.05, 0) is 36.5 Å². The summed E-state index contributed by atoms with van der Waals surface area (Å²) in [6.07, 6.45) is 13.5. The number of rotatable bonds is 0. The molecular weight excluding hydrogens is 200 g/mol. The van der Waals surface area contributed by atoms with Gasteiger partial charge in [-0.25, -0.2) is 0 Å². The molecular formula is C14H16O2. The van der Waals surface area contributed by atoms with Gasteiger partial charge in [-0.1, -0.05) is 24.3 Å². The van der Waals surface area contributed by atoms with Gasteiger partial charge in [-0.3, -0.25) is 0 Å². The van der Waals surface area contributed by atoms with E-state index in [1.165, 1.54) is 12.8 Å². The first-order valence-corrected chi connectivity index (χ1v) is 6.58. The molecule has 84 valence electrons. The zero-order valence-corrected chi connectivity index (χ0v) is 9.16. The third-order valence-corrected chi connectivity index (χ3v) is 5.49. The summed E-state index contributed by atoms with van der Waals surface area (Å²) >= 11 is 0. The normalized spacial score (nSPS) is 64.0. The average Bonchev–Trinajstić information content (AvgIpc) is 3.07. The maximum Gasteiger partial charge on any atom is 0.0796 e. The van der Waals surface area contributed by atoms with E-state index in [2.05, 4.69) is 24.3 Å². The van der Waals surface area contributed by atoms with Crippen molar-refractivity contribution in [3.05, 3.63) is 24.3 Å². The summed E-state index contributed by atoms with van der Waals surface area (Å²) in [4.78, 5) is 0. The Morgan fingerprint density at radius 3 is 1.19 bits per heavy atom. The molecule has 1 aliphatic carbocycles. The Hall–Kier alpha value is -0.600.